The normalized spacial score (nSPS) is 10.9. The third-order valence-electron chi connectivity index (χ3n) is 1.71. The lowest BCUT2D eigenvalue weighted by Gasteiger charge is -2.02. The Kier molecular flexibility index (Phi) is 5.30. The maximum atomic E-state index is 11.3. The monoisotopic (exact) mass is 273 g/mol. The van der Waals surface area contributed by atoms with Crippen LogP contribution in [0.1, 0.15) is 13.3 Å². The van der Waals surface area contributed by atoms with Gasteiger partial charge in [-0.2, -0.15) is 0 Å². The molecule has 0 heterocycles. The van der Waals surface area contributed by atoms with Gasteiger partial charge in [0, 0.05) is 26.4 Å². The second-order valence-electron chi connectivity index (χ2n) is 3.02. The molecule has 0 N–H and O–H groups in total. The molecule has 0 aliphatic carbocycles. The summed E-state index contributed by atoms with van der Waals surface area (Å²) in [6.07, 6.45) is 0.913. The Labute approximate surface area is 104 Å². The Morgan fingerprint density at radius 1 is 1.41 bits per heavy atom. The summed E-state index contributed by atoms with van der Waals surface area (Å²) in [5, 5.41) is 0. The molecule has 0 aliphatic rings. The van der Waals surface area contributed by atoms with Crippen molar-refractivity contribution in [3.8, 4) is 0 Å². The predicted octanol–water partition coefficient (Wildman–Crippen LogP) is 3.12. The molecule has 0 saturated heterocycles. The van der Waals surface area contributed by atoms with Crippen molar-refractivity contribution in [2.45, 2.75) is 23.1 Å². The van der Waals surface area contributed by atoms with Gasteiger partial charge in [-0.15, -0.1) is 0 Å². The molecule has 0 unspecified atom stereocenters. The van der Waals surface area contributed by atoms with Crippen LogP contribution < -0.4 is 0 Å². The molecule has 0 aliphatic heterocycles. The first kappa shape index (κ1) is 13.9. The molecule has 0 radical (unpaired) electrons. The Morgan fingerprint density at radius 2 is 2.06 bits per heavy atom. The van der Waals surface area contributed by atoms with Crippen LogP contribution in [0.25, 0.3) is 10.4 Å². The summed E-state index contributed by atoms with van der Waals surface area (Å²) in [7, 11) is -3.89. The van der Waals surface area contributed by atoms with E-state index in [4.69, 9.17) is 9.71 Å². The van der Waals surface area contributed by atoms with E-state index in [1.807, 2.05) is 6.92 Å². The second kappa shape index (κ2) is 6.51. The van der Waals surface area contributed by atoms with Crippen molar-refractivity contribution in [2.75, 3.05) is 6.61 Å². The highest BCUT2D eigenvalue weighted by atomic mass is 32.2. The molecule has 0 aromatic heterocycles. The van der Waals surface area contributed by atoms with Crippen molar-refractivity contribution in [2.24, 2.45) is 4.52 Å². The maximum Gasteiger partial charge on any atom is 0.264 e. The van der Waals surface area contributed by atoms with Crippen molar-refractivity contribution >= 4 is 22.1 Å². The molecule has 6 nitrogen and oxygen atoms in total. The van der Waals surface area contributed by atoms with E-state index in [-0.39, 0.29) is 4.90 Å². The van der Waals surface area contributed by atoms with Crippen molar-refractivity contribution in [1.29, 1.82) is 0 Å². The van der Waals surface area contributed by atoms with E-state index in [9.17, 15) is 8.42 Å². The zero-order valence-electron chi connectivity index (χ0n) is 9.11. The minimum Gasteiger partial charge on any atom is -0.310 e. The first-order chi connectivity index (χ1) is 8.10. The third kappa shape index (κ3) is 4.27. The smallest absolute Gasteiger partial charge is 0.264 e. The molecule has 0 spiro atoms. The highest BCUT2D eigenvalue weighted by Gasteiger charge is 2.11. The summed E-state index contributed by atoms with van der Waals surface area (Å²) in [6, 6.07) is 5.95. The molecule has 0 fully saturated rings. The van der Waals surface area contributed by atoms with Crippen LogP contribution in [0.4, 0.5) is 0 Å². The van der Waals surface area contributed by atoms with Gasteiger partial charge in [0.05, 0.1) is 11.5 Å². The van der Waals surface area contributed by atoms with Gasteiger partial charge in [0.1, 0.15) is 0 Å². The number of benzene rings is 1. The summed E-state index contributed by atoms with van der Waals surface area (Å²) in [5.74, 6) is 0. The van der Waals surface area contributed by atoms with Crippen LogP contribution in [0, 0.1) is 0 Å². The Bertz CT molecular complexity index is 507. The molecule has 1 aromatic carbocycles. The fourth-order valence-corrected chi connectivity index (χ4v) is 2.26. The van der Waals surface area contributed by atoms with Crippen LogP contribution in [-0.4, -0.2) is 15.0 Å². The van der Waals surface area contributed by atoms with E-state index in [1.54, 1.807) is 12.1 Å². The lowest BCUT2D eigenvalue weighted by molar-refractivity contribution is 0.373. The van der Waals surface area contributed by atoms with Crippen molar-refractivity contribution in [3.63, 3.8) is 0 Å². The molecular formula is C9H11N3O3S2. The number of hydrogen-bond donors (Lipinski definition) is 0. The zero-order chi connectivity index (χ0) is 12.7. The Balaban J connectivity index is 2.78. The number of azide groups is 1. The van der Waals surface area contributed by atoms with Crippen LogP contribution in [-0.2, 0) is 14.2 Å². The molecule has 0 amide bonds. The zero-order valence-corrected chi connectivity index (χ0v) is 10.7. The van der Waals surface area contributed by atoms with Gasteiger partial charge in [-0.05, 0) is 36.2 Å². The SMILES string of the molecule is CCCOSc1ccc(S(=O)(=O)N=[N+]=[N-])cc1. The number of hydrogen-bond acceptors (Lipinski definition) is 4. The maximum absolute atomic E-state index is 11.3. The summed E-state index contributed by atoms with van der Waals surface area (Å²) in [5.41, 5.74) is 8.12. The predicted molar refractivity (Wildman–Crippen MR) is 64.9 cm³/mol. The minimum atomic E-state index is -3.89. The molecular weight excluding hydrogens is 262 g/mol. The molecule has 17 heavy (non-hydrogen) atoms. The third-order valence-corrected chi connectivity index (χ3v) is 3.61. The average molecular weight is 273 g/mol. The fourth-order valence-electron chi connectivity index (χ4n) is 0.955. The number of sulfonamides is 1. The van der Waals surface area contributed by atoms with Gasteiger partial charge in [0.15, 0.2) is 0 Å². The van der Waals surface area contributed by atoms with Crippen LogP contribution in [0.5, 0.6) is 0 Å². The molecule has 0 atom stereocenters. The molecule has 0 saturated carbocycles. The van der Waals surface area contributed by atoms with E-state index in [0.717, 1.165) is 11.3 Å². The van der Waals surface area contributed by atoms with Crippen LogP contribution in [0.3, 0.4) is 0 Å². The van der Waals surface area contributed by atoms with Crippen LogP contribution in [0.15, 0.2) is 38.6 Å². The van der Waals surface area contributed by atoms with Gasteiger partial charge in [-0.1, -0.05) is 6.92 Å². The van der Waals surface area contributed by atoms with E-state index in [2.05, 4.69) is 9.43 Å². The van der Waals surface area contributed by atoms with Gasteiger partial charge in [0.2, 0.25) is 0 Å². The minimum absolute atomic E-state index is 0.0323. The van der Waals surface area contributed by atoms with E-state index >= 15 is 0 Å². The highest BCUT2D eigenvalue weighted by molar-refractivity contribution is 7.94. The van der Waals surface area contributed by atoms with Gasteiger partial charge < -0.3 is 4.18 Å². The quantitative estimate of drug-likeness (QED) is 0.262. The number of rotatable bonds is 6. The highest BCUT2D eigenvalue weighted by Crippen LogP contribution is 2.22. The summed E-state index contributed by atoms with van der Waals surface area (Å²) >= 11 is 1.18. The molecule has 92 valence electrons. The average Bonchev–Trinajstić information content (AvgIpc) is 2.30. The second-order valence-corrected chi connectivity index (χ2v) is 5.48. The van der Waals surface area contributed by atoms with Crippen molar-refractivity contribution in [3.05, 3.63) is 34.7 Å². The molecule has 0 bridgehead atoms. The summed E-state index contributed by atoms with van der Waals surface area (Å²) in [4.78, 5) is 3.03. The largest absolute Gasteiger partial charge is 0.310 e. The van der Waals surface area contributed by atoms with Crippen LogP contribution >= 0.6 is 12.0 Å². The topological polar surface area (TPSA) is 92.1 Å². The fraction of sp³-hybridized carbons (Fsp3) is 0.333. The van der Waals surface area contributed by atoms with Gasteiger partial charge in [0.25, 0.3) is 10.0 Å². The molecule has 8 heteroatoms. The lowest BCUT2D eigenvalue weighted by atomic mass is 10.4. The van der Waals surface area contributed by atoms with Crippen LogP contribution in [0.2, 0.25) is 0 Å². The van der Waals surface area contributed by atoms with Gasteiger partial charge >= 0.3 is 0 Å². The van der Waals surface area contributed by atoms with E-state index in [0.29, 0.717) is 6.61 Å². The number of nitrogens with zero attached hydrogens (tertiary/aromatic N) is 3. The first-order valence-corrected chi connectivity index (χ1v) is 6.99. The molecule has 1 rings (SSSR count). The lowest BCUT2D eigenvalue weighted by Crippen LogP contribution is -1.94. The Hall–Kier alpha value is -1.21. The van der Waals surface area contributed by atoms with Crippen molar-refractivity contribution in [1.82, 2.24) is 0 Å². The first-order valence-electron chi connectivity index (χ1n) is 4.81. The van der Waals surface area contributed by atoms with Gasteiger partial charge in [-0.3, -0.25) is 0 Å². The van der Waals surface area contributed by atoms with Gasteiger partial charge in [-0.25, -0.2) is 8.42 Å². The molecule has 1 aromatic rings. The Morgan fingerprint density at radius 3 is 2.59 bits per heavy atom. The van der Waals surface area contributed by atoms with E-state index < -0.39 is 10.0 Å². The van der Waals surface area contributed by atoms with E-state index in [1.165, 1.54) is 24.2 Å². The standard InChI is InChI=1S/C9H11N3O3S2/c1-2-7-15-16-8-3-5-9(6-4-8)17(13,14)12-11-10/h3-6H,2,7H2,1H3. The summed E-state index contributed by atoms with van der Waals surface area (Å²) in [6.45, 7) is 2.62. The summed E-state index contributed by atoms with van der Waals surface area (Å²) < 4.78 is 30.7. The van der Waals surface area contributed by atoms with Crippen molar-refractivity contribution < 1.29 is 12.6 Å².